The normalized spacial score (nSPS) is 14.0. The van der Waals surface area contributed by atoms with Gasteiger partial charge in [-0.3, -0.25) is 23.4 Å². The first-order valence-electron chi connectivity index (χ1n) is 20.2. The number of carboxylic acids is 1. The van der Waals surface area contributed by atoms with E-state index in [9.17, 15) is 23.8 Å². The molecule has 0 aromatic heterocycles. The third kappa shape index (κ3) is 35.0. The smallest absolute Gasteiger partial charge is 0.472 e. The summed E-state index contributed by atoms with van der Waals surface area (Å²) < 4.78 is 32.6. The zero-order chi connectivity index (χ0) is 37.8. The summed E-state index contributed by atoms with van der Waals surface area (Å²) in [5.41, 5.74) is 5.32. The maximum Gasteiger partial charge on any atom is 0.472 e. The first kappa shape index (κ1) is 49.2. The van der Waals surface area contributed by atoms with Crippen molar-refractivity contribution in [2.45, 2.75) is 199 Å². The number of hydrogen-bond donors (Lipinski definition) is 3. The van der Waals surface area contributed by atoms with Gasteiger partial charge in [-0.15, -0.1) is 0 Å². The number of phosphoric ester groups is 1. The topological polar surface area (TPSA) is 172 Å². The van der Waals surface area contributed by atoms with E-state index in [1.807, 2.05) is 0 Å². The largest absolute Gasteiger partial charge is 0.480 e. The number of allylic oxidation sites excluding steroid dienone is 2. The van der Waals surface area contributed by atoms with Crippen molar-refractivity contribution in [1.29, 1.82) is 0 Å². The van der Waals surface area contributed by atoms with Crippen LogP contribution in [0.25, 0.3) is 0 Å². The van der Waals surface area contributed by atoms with E-state index in [0.29, 0.717) is 12.8 Å². The number of ether oxygens (including phenoxy) is 2. The first-order valence-corrected chi connectivity index (χ1v) is 21.7. The second kappa shape index (κ2) is 35.3. The van der Waals surface area contributed by atoms with Crippen LogP contribution in [0.15, 0.2) is 12.2 Å². The summed E-state index contributed by atoms with van der Waals surface area (Å²) in [5.74, 6) is -2.38. The molecule has 0 saturated carbocycles. The van der Waals surface area contributed by atoms with Crippen molar-refractivity contribution in [3.05, 3.63) is 12.2 Å². The Labute approximate surface area is 309 Å². The van der Waals surface area contributed by atoms with Crippen LogP contribution in [0.5, 0.6) is 0 Å². The Morgan fingerprint density at radius 3 is 1.43 bits per heavy atom. The minimum absolute atomic E-state index is 0.155. The van der Waals surface area contributed by atoms with Gasteiger partial charge in [-0.2, -0.15) is 0 Å². The van der Waals surface area contributed by atoms with Gasteiger partial charge in [0.15, 0.2) is 6.10 Å². The molecule has 0 heterocycles. The van der Waals surface area contributed by atoms with Crippen molar-refractivity contribution < 1.29 is 47.5 Å². The number of hydrogen-bond acceptors (Lipinski definition) is 9. The molecule has 0 aliphatic rings. The highest BCUT2D eigenvalue weighted by molar-refractivity contribution is 7.47. The molecule has 3 unspecified atom stereocenters. The van der Waals surface area contributed by atoms with E-state index >= 15 is 0 Å². The molecule has 51 heavy (non-hydrogen) atoms. The molecule has 0 radical (unpaired) electrons. The van der Waals surface area contributed by atoms with E-state index in [1.165, 1.54) is 89.9 Å². The molecule has 0 aliphatic carbocycles. The molecule has 0 fully saturated rings. The second-order valence-corrected chi connectivity index (χ2v) is 15.2. The van der Waals surface area contributed by atoms with Gasteiger partial charge < -0.3 is 25.2 Å². The highest BCUT2D eigenvalue weighted by atomic mass is 31.2. The summed E-state index contributed by atoms with van der Waals surface area (Å²) in [5, 5.41) is 8.86. The van der Waals surface area contributed by atoms with E-state index in [0.717, 1.165) is 57.8 Å². The first-order chi connectivity index (χ1) is 24.6. The van der Waals surface area contributed by atoms with Gasteiger partial charge in [0.2, 0.25) is 0 Å². The van der Waals surface area contributed by atoms with E-state index in [2.05, 4.69) is 30.5 Å². The van der Waals surface area contributed by atoms with Gasteiger partial charge in [0.1, 0.15) is 12.6 Å². The lowest BCUT2D eigenvalue weighted by Gasteiger charge is -2.20. The maximum atomic E-state index is 12.6. The summed E-state index contributed by atoms with van der Waals surface area (Å²) >= 11 is 0. The molecular formula is C39H74NO10P. The van der Waals surface area contributed by atoms with Crippen LogP contribution in [0.4, 0.5) is 0 Å². The Hall–Kier alpha value is -1.78. The fourth-order valence-electron chi connectivity index (χ4n) is 5.53. The number of carbonyl (C=O) groups is 3. The van der Waals surface area contributed by atoms with Gasteiger partial charge in [-0.05, 0) is 38.5 Å². The van der Waals surface area contributed by atoms with E-state index in [4.69, 9.17) is 24.8 Å². The van der Waals surface area contributed by atoms with Gasteiger partial charge in [-0.1, -0.05) is 148 Å². The molecule has 11 nitrogen and oxygen atoms in total. The minimum Gasteiger partial charge on any atom is -0.480 e. The lowest BCUT2D eigenvalue weighted by molar-refractivity contribution is -0.161. The van der Waals surface area contributed by atoms with E-state index in [1.54, 1.807) is 0 Å². The van der Waals surface area contributed by atoms with Gasteiger partial charge in [0.25, 0.3) is 0 Å². The number of rotatable bonds is 38. The monoisotopic (exact) mass is 748 g/mol. The fourth-order valence-corrected chi connectivity index (χ4v) is 6.31. The molecular weight excluding hydrogens is 673 g/mol. The van der Waals surface area contributed by atoms with Crippen LogP contribution in [0.3, 0.4) is 0 Å². The van der Waals surface area contributed by atoms with E-state index in [-0.39, 0.29) is 19.4 Å². The predicted octanol–water partition coefficient (Wildman–Crippen LogP) is 10.1. The lowest BCUT2D eigenvalue weighted by Crippen LogP contribution is -2.34. The van der Waals surface area contributed by atoms with Crippen LogP contribution in [0.1, 0.15) is 187 Å². The molecule has 0 aromatic carbocycles. The molecule has 0 spiro atoms. The SMILES string of the molecule is CCCCCCCCC/C=C\CCCCCCCC(=O)OC(COC(=O)CCCCCCCCCCCCC)COP(=O)(O)OCC(N)C(=O)O. The number of phosphoric acid groups is 1. The zero-order valence-electron chi connectivity index (χ0n) is 32.2. The molecule has 12 heteroatoms. The molecule has 0 rings (SSSR count). The third-order valence-electron chi connectivity index (χ3n) is 8.76. The van der Waals surface area contributed by atoms with Crippen LogP contribution in [0.2, 0.25) is 0 Å². The molecule has 3 atom stereocenters. The summed E-state index contributed by atoms with van der Waals surface area (Å²) in [6.07, 6.45) is 32.8. The summed E-state index contributed by atoms with van der Waals surface area (Å²) in [7, 11) is -4.71. The van der Waals surface area contributed by atoms with Crippen LogP contribution in [0, 0.1) is 0 Å². The number of unbranched alkanes of at least 4 members (excludes halogenated alkanes) is 22. The van der Waals surface area contributed by atoms with Crippen molar-refractivity contribution in [2.24, 2.45) is 5.73 Å². The Balaban J connectivity index is 4.40. The van der Waals surface area contributed by atoms with Crippen LogP contribution in [-0.2, 0) is 37.5 Å². The molecule has 0 amide bonds. The standard InChI is InChI=1S/C39H74NO10P/c1-3-5-7-9-11-13-15-16-17-18-19-21-23-25-27-29-31-38(42)50-35(33-48-51(45,46)49-34-36(40)39(43)44)32-47-37(41)30-28-26-24-22-20-14-12-10-8-6-4-2/h17-18,35-36H,3-16,19-34,40H2,1-2H3,(H,43,44)(H,45,46)/b18-17-. The Kier molecular flexibility index (Phi) is 34.0. The van der Waals surface area contributed by atoms with E-state index < -0.39 is 51.1 Å². The second-order valence-electron chi connectivity index (χ2n) is 13.8. The molecule has 0 saturated heterocycles. The highest BCUT2D eigenvalue weighted by Gasteiger charge is 2.28. The third-order valence-corrected chi connectivity index (χ3v) is 9.71. The Morgan fingerprint density at radius 2 is 0.980 bits per heavy atom. The predicted molar refractivity (Wildman–Crippen MR) is 203 cm³/mol. The summed E-state index contributed by atoms with van der Waals surface area (Å²) in [6.45, 7) is 2.78. The quantitative estimate of drug-likeness (QED) is 0.0237. The molecule has 4 N–H and O–H groups in total. The molecule has 300 valence electrons. The summed E-state index contributed by atoms with van der Waals surface area (Å²) in [6, 6.07) is -1.52. The van der Waals surface area contributed by atoms with Gasteiger partial charge in [0.05, 0.1) is 13.2 Å². The Morgan fingerprint density at radius 1 is 0.588 bits per heavy atom. The average Bonchev–Trinajstić information content (AvgIpc) is 3.10. The number of esters is 2. The minimum atomic E-state index is -4.71. The number of carboxylic acid groups (broad SMARTS) is 1. The summed E-state index contributed by atoms with van der Waals surface area (Å²) in [4.78, 5) is 45.8. The number of aliphatic carboxylic acids is 1. The zero-order valence-corrected chi connectivity index (χ0v) is 33.1. The van der Waals surface area contributed by atoms with Gasteiger partial charge in [-0.25, -0.2) is 4.57 Å². The average molecular weight is 748 g/mol. The molecule has 0 aliphatic heterocycles. The van der Waals surface area contributed by atoms with Crippen LogP contribution < -0.4 is 5.73 Å². The van der Waals surface area contributed by atoms with Gasteiger partial charge >= 0.3 is 25.7 Å². The van der Waals surface area contributed by atoms with Crippen molar-refractivity contribution >= 4 is 25.7 Å². The van der Waals surface area contributed by atoms with Crippen molar-refractivity contribution in [1.82, 2.24) is 0 Å². The fraction of sp³-hybridized carbons (Fsp3) is 0.872. The maximum absolute atomic E-state index is 12.6. The van der Waals surface area contributed by atoms with Crippen molar-refractivity contribution in [3.8, 4) is 0 Å². The molecule has 0 aromatic rings. The number of carbonyl (C=O) groups excluding carboxylic acids is 2. The van der Waals surface area contributed by atoms with Crippen LogP contribution in [-0.4, -0.2) is 59.9 Å². The van der Waals surface area contributed by atoms with Crippen molar-refractivity contribution in [3.63, 3.8) is 0 Å². The van der Waals surface area contributed by atoms with Crippen molar-refractivity contribution in [2.75, 3.05) is 19.8 Å². The van der Waals surface area contributed by atoms with Gasteiger partial charge in [0, 0.05) is 12.8 Å². The molecule has 0 bridgehead atoms. The lowest BCUT2D eigenvalue weighted by atomic mass is 10.1. The van der Waals surface area contributed by atoms with Crippen LogP contribution >= 0.6 is 7.82 Å². The highest BCUT2D eigenvalue weighted by Crippen LogP contribution is 2.43. The number of nitrogens with two attached hydrogens (primary N) is 1. The Bertz CT molecular complexity index is 932.